The molecule has 4 rings (SSSR count). The van der Waals surface area contributed by atoms with Crippen molar-refractivity contribution in [2.24, 2.45) is 11.8 Å². The van der Waals surface area contributed by atoms with Gasteiger partial charge in [-0.05, 0) is 55.9 Å². The summed E-state index contributed by atoms with van der Waals surface area (Å²) in [5.41, 5.74) is 3.12. The highest BCUT2D eigenvalue weighted by Gasteiger charge is 2.32. The third-order valence-corrected chi connectivity index (χ3v) is 6.19. The molecule has 4 nitrogen and oxygen atoms in total. The minimum absolute atomic E-state index is 0.163. The quantitative estimate of drug-likeness (QED) is 0.892. The number of carbonyl (C=O) groups is 2. The van der Waals surface area contributed by atoms with Crippen molar-refractivity contribution in [2.75, 3.05) is 16.8 Å². The van der Waals surface area contributed by atoms with Crippen molar-refractivity contribution in [3.8, 4) is 0 Å². The Labute approximate surface area is 150 Å². The van der Waals surface area contributed by atoms with Crippen LogP contribution in [-0.2, 0) is 16.0 Å². The molecule has 2 saturated carbocycles. The molecule has 1 aromatic carbocycles. The second kappa shape index (κ2) is 7.19. The van der Waals surface area contributed by atoms with Gasteiger partial charge in [0, 0.05) is 29.8 Å². The highest BCUT2D eigenvalue weighted by molar-refractivity contribution is 5.98. The lowest BCUT2D eigenvalue weighted by Crippen LogP contribution is -2.33. The van der Waals surface area contributed by atoms with E-state index in [0.717, 1.165) is 50.0 Å². The third kappa shape index (κ3) is 3.44. The Kier molecular flexibility index (Phi) is 4.78. The molecule has 3 aliphatic rings. The van der Waals surface area contributed by atoms with Crippen molar-refractivity contribution < 1.29 is 9.59 Å². The number of nitrogens with zero attached hydrogens (tertiary/aromatic N) is 1. The molecule has 0 spiro atoms. The van der Waals surface area contributed by atoms with Gasteiger partial charge in [-0.2, -0.15) is 0 Å². The standard InChI is InChI=1S/C21H28N2O2/c24-20(15-6-2-1-3-7-15)22-18-10-11-19-17(14-18)12-13-23(19)21(25)16-8-4-5-9-16/h10-11,14-16H,1-9,12-13H2,(H,22,24). The van der Waals surface area contributed by atoms with Gasteiger partial charge in [-0.1, -0.05) is 32.1 Å². The van der Waals surface area contributed by atoms with E-state index < -0.39 is 0 Å². The Morgan fingerprint density at radius 1 is 0.920 bits per heavy atom. The van der Waals surface area contributed by atoms with Crippen molar-refractivity contribution >= 4 is 23.2 Å². The Balaban J connectivity index is 1.44. The molecule has 0 bridgehead atoms. The summed E-state index contributed by atoms with van der Waals surface area (Å²) >= 11 is 0. The van der Waals surface area contributed by atoms with Crippen LogP contribution < -0.4 is 10.2 Å². The summed E-state index contributed by atoms with van der Waals surface area (Å²) in [6, 6.07) is 6.05. The largest absolute Gasteiger partial charge is 0.326 e. The number of anilines is 2. The lowest BCUT2D eigenvalue weighted by atomic mass is 9.88. The average molecular weight is 340 g/mol. The van der Waals surface area contributed by atoms with Crippen molar-refractivity contribution in [3.05, 3.63) is 23.8 Å². The van der Waals surface area contributed by atoms with E-state index in [-0.39, 0.29) is 17.7 Å². The molecule has 2 aliphatic carbocycles. The summed E-state index contributed by atoms with van der Waals surface area (Å²) in [7, 11) is 0. The number of fused-ring (bicyclic) bond motifs is 1. The van der Waals surface area contributed by atoms with Crippen LogP contribution in [0.4, 0.5) is 11.4 Å². The number of carbonyl (C=O) groups excluding carboxylic acids is 2. The molecule has 1 aromatic rings. The van der Waals surface area contributed by atoms with Gasteiger partial charge in [-0.3, -0.25) is 9.59 Å². The van der Waals surface area contributed by atoms with Crippen molar-refractivity contribution in [2.45, 2.75) is 64.2 Å². The Morgan fingerprint density at radius 2 is 1.60 bits per heavy atom. The van der Waals surface area contributed by atoms with Gasteiger partial charge >= 0.3 is 0 Å². The van der Waals surface area contributed by atoms with Crippen molar-refractivity contribution in [1.29, 1.82) is 0 Å². The van der Waals surface area contributed by atoms with Gasteiger partial charge in [0.05, 0.1) is 0 Å². The second-order valence-corrected chi connectivity index (χ2v) is 7.89. The van der Waals surface area contributed by atoms with Crippen LogP contribution in [0.25, 0.3) is 0 Å². The van der Waals surface area contributed by atoms with E-state index in [1.807, 2.05) is 17.0 Å². The Bertz CT molecular complexity index is 658. The van der Waals surface area contributed by atoms with Crippen LogP contribution in [0.3, 0.4) is 0 Å². The van der Waals surface area contributed by atoms with Crippen LogP contribution in [0.5, 0.6) is 0 Å². The molecule has 134 valence electrons. The van der Waals surface area contributed by atoms with Crippen LogP contribution in [0, 0.1) is 11.8 Å². The molecule has 1 N–H and O–H groups in total. The highest BCUT2D eigenvalue weighted by Crippen LogP contribution is 2.35. The predicted molar refractivity (Wildman–Crippen MR) is 99.7 cm³/mol. The lowest BCUT2D eigenvalue weighted by molar-refractivity contribution is -0.122. The summed E-state index contributed by atoms with van der Waals surface area (Å²) in [6.45, 7) is 0.782. The third-order valence-electron chi connectivity index (χ3n) is 6.19. The molecule has 0 atom stereocenters. The Hall–Kier alpha value is -1.84. The van der Waals surface area contributed by atoms with E-state index in [1.54, 1.807) is 0 Å². The topological polar surface area (TPSA) is 49.4 Å². The molecule has 2 fully saturated rings. The van der Waals surface area contributed by atoms with Crippen molar-refractivity contribution in [1.82, 2.24) is 0 Å². The number of hydrogen-bond donors (Lipinski definition) is 1. The first-order chi connectivity index (χ1) is 12.2. The maximum absolute atomic E-state index is 12.7. The summed E-state index contributed by atoms with van der Waals surface area (Å²) in [5.74, 6) is 0.853. The Morgan fingerprint density at radius 3 is 2.36 bits per heavy atom. The number of hydrogen-bond acceptors (Lipinski definition) is 2. The number of nitrogens with one attached hydrogen (secondary N) is 1. The second-order valence-electron chi connectivity index (χ2n) is 7.89. The summed E-state index contributed by atoms with van der Waals surface area (Å²) in [4.78, 5) is 27.1. The fraction of sp³-hybridized carbons (Fsp3) is 0.619. The highest BCUT2D eigenvalue weighted by atomic mass is 16.2. The number of rotatable bonds is 3. The zero-order valence-corrected chi connectivity index (χ0v) is 14.9. The summed E-state index contributed by atoms with van der Waals surface area (Å²) in [6.07, 6.45) is 11.0. The SMILES string of the molecule is O=C(Nc1ccc2c(c1)CCN2C(=O)C1CCCC1)C1CCCCC1. The molecule has 0 aromatic heterocycles. The number of amides is 2. The minimum atomic E-state index is 0.163. The fourth-order valence-electron chi connectivity index (χ4n) is 4.71. The molecule has 4 heteroatoms. The maximum atomic E-state index is 12.7. The first kappa shape index (κ1) is 16.6. The zero-order valence-electron chi connectivity index (χ0n) is 14.9. The molecular formula is C21H28N2O2. The normalized spacial score (nSPS) is 21.4. The molecule has 25 heavy (non-hydrogen) atoms. The van der Waals surface area contributed by atoms with Gasteiger partial charge in [0.15, 0.2) is 0 Å². The lowest BCUT2D eigenvalue weighted by Gasteiger charge is -2.22. The zero-order chi connectivity index (χ0) is 17.2. The molecule has 2 amide bonds. The summed E-state index contributed by atoms with van der Waals surface area (Å²) in [5, 5.41) is 3.10. The predicted octanol–water partition coefficient (Wildman–Crippen LogP) is 4.28. The van der Waals surface area contributed by atoms with Crippen LogP contribution in [-0.4, -0.2) is 18.4 Å². The monoisotopic (exact) mass is 340 g/mol. The van der Waals surface area contributed by atoms with E-state index in [9.17, 15) is 9.59 Å². The van der Waals surface area contributed by atoms with Crippen LogP contribution in [0.2, 0.25) is 0 Å². The van der Waals surface area contributed by atoms with Crippen LogP contribution >= 0.6 is 0 Å². The van der Waals surface area contributed by atoms with E-state index >= 15 is 0 Å². The maximum Gasteiger partial charge on any atom is 0.230 e. The van der Waals surface area contributed by atoms with E-state index in [4.69, 9.17) is 0 Å². The van der Waals surface area contributed by atoms with E-state index in [0.29, 0.717) is 5.91 Å². The van der Waals surface area contributed by atoms with Crippen LogP contribution in [0.1, 0.15) is 63.4 Å². The van der Waals surface area contributed by atoms with Gasteiger partial charge in [-0.15, -0.1) is 0 Å². The smallest absolute Gasteiger partial charge is 0.230 e. The van der Waals surface area contributed by atoms with Gasteiger partial charge in [0.2, 0.25) is 11.8 Å². The average Bonchev–Trinajstić information content (AvgIpc) is 3.31. The first-order valence-electron chi connectivity index (χ1n) is 9.97. The molecule has 0 saturated heterocycles. The summed E-state index contributed by atoms with van der Waals surface area (Å²) < 4.78 is 0. The van der Waals surface area contributed by atoms with E-state index in [2.05, 4.69) is 11.4 Å². The van der Waals surface area contributed by atoms with E-state index in [1.165, 1.54) is 37.7 Å². The van der Waals surface area contributed by atoms with Gasteiger partial charge in [0.1, 0.15) is 0 Å². The minimum Gasteiger partial charge on any atom is -0.326 e. The van der Waals surface area contributed by atoms with Gasteiger partial charge in [-0.25, -0.2) is 0 Å². The first-order valence-corrected chi connectivity index (χ1v) is 9.97. The molecular weight excluding hydrogens is 312 g/mol. The van der Waals surface area contributed by atoms with Gasteiger partial charge in [0.25, 0.3) is 0 Å². The fourth-order valence-corrected chi connectivity index (χ4v) is 4.71. The van der Waals surface area contributed by atoms with Crippen LogP contribution in [0.15, 0.2) is 18.2 Å². The molecule has 1 heterocycles. The number of benzene rings is 1. The molecule has 0 unspecified atom stereocenters. The van der Waals surface area contributed by atoms with Gasteiger partial charge < -0.3 is 10.2 Å². The van der Waals surface area contributed by atoms with Crippen molar-refractivity contribution in [3.63, 3.8) is 0 Å². The molecule has 1 aliphatic heterocycles. The molecule has 0 radical (unpaired) electrons.